The second kappa shape index (κ2) is 7.21. The highest BCUT2D eigenvalue weighted by atomic mass is 35.5. The summed E-state index contributed by atoms with van der Waals surface area (Å²) in [6.07, 6.45) is 0. The zero-order chi connectivity index (χ0) is 18.1. The lowest BCUT2D eigenvalue weighted by Crippen LogP contribution is -2.45. The van der Waals surface area contributed by atoms with Crippen molar-refractivity contribution in [1.82, 2.24) is 9.21 Å². The van der Waals surface area contributed by atoms with Crippen molar-refractivity contribution in [2.75, 3.05) is 32.9 Å². The molecule has 0 aliphatic carbocycles. The van der Waals surface area contributed by atoms with Crippen LogP contribution in [0.3, 0.4) is 0 Å². The van der Waals surface area contributed by atoms with E-state index in [1.54, 1.807) is 11.0 Å². The number of aliphatic hydroxyl groups is 1. The zero-order valence-corrected chi connectivity index (χ0v) is 16.5. The van der Waals surface area contributed by atoms with Gasteiger partial charge >= 0.3 is 0 Å². The Morgan fingerprint density at radius 1 is 1.42 bits per heavy atom. The predicted octanol–water partition coefficient (Wildman–Crippen LogP) is 2.18. The van der Waals surface area contributed by atoms with Crippen LogP contribution in [0.25, 0.3) is 0 Å². The van der Waals surface area contributed by atoms with Gasteiger partial charge in [0.2, 0.25) is 10.0 Å². The maximum atomic E-state index is 12.5. The van der Waals surface area contributed by atoms with Crippen LogP contribution in [0.15, 0.2) is 28.1 Å². The summed E-state index contributed by atoms with van der Waals surface area (Å²) < 4.78 is 26.0. The molecule has 1 heterocycles. The van der Waals surface area contributed by atoms with Gasteiger partial charge in [-0.05, 0) is 26.0 Å². The van der Waals surface area contributed by atoms with E-state index in [1.165, 1.54) is 38.0 Å². The smallest absolute Gasteiger partial charge is 0.244 e. The number of benzene rings is 1. The van der Waals surface area contributed by atoms with Crippen LogP contribution in [-0.4, -0.2) is 60.8 Å². The van der Waals surface area contributed by atoms with Crippen molar-refractivity contribution in [2.45, 2.75) is 24.5 Å². The number of nitrogens with zero attached hydrogens (tertiary/aromatic N) is 3. The molecule has 1 aromatic carbocycles. The van der Waals surface area contributed by atoms with Gasteiger partial charge in [-0.2, -0.15) is 0 Å². The van der Waals surface area contributed by atoms with E-state index in [0.29, 0.717) is 24.4 Å². The average molecular weight is 392 g/mol. The minimum atomic E-state index is -3.70. The molecule has 0 radical (unpaired) electrons. The van der Waals surface area contributed by atoms with E-state index in [0.717, 1.165) is 9.47 Å². The fourth-order valence-corrected chi connectivity index (χ4v) is 5.23. The van der Waals surface area contributed by atoms with Crippen molar-refractivity contribution >= 4 is 38.6 Å². The Morgan fingerprint density at radius 3 is 2.62 bits per heavy atom. The standard InChI is InChI=1S/C15H22ClN3O3S2/c1-5-17-14-19(6-2)15(20,10-23-14)11-7-8-12(16)13(9-11)24(21,22)18(3)4/h7-9,20H,5-6,10H2,1-4H3/b17-14-. The summed E-state index contributed by atoms with van der Waals surface area (Å²) in [7, 11) is -0.805. The van der Waals surface area contributed by atoms with E-state index in [4.69, 9.17) is 11.6 Å². The van der Waals surface area contributed by atoms with E-state index in [9.17, 15) is 13.5 Å². The third-order valence-electron chi connectivity index (χ3n) is 3.84. The Balaban J connectivity index is 2.56. The third kappa shape index (κ3) is 3.30. The van der Waals surface area contributed by atoms with Gasteiger partial charge in [-0.1, -0.05) is 29.4 Å². The van der Waals surface area contributed by atoms with Crippen LogP contribution in [0.1, 0.15) is 19.4 Å². The maximum Gasteiger partial charge on any atom is 0.244 e. The van der Waals surface area contributed by atoms with E-state index in [2.05, 4.69) is 4.99 Å². The molecule has 0 bridgehead atoms. The molecule has 9 heteroatoms. The molecular formula is C15H22ClN3O3S2. The Labute approximate surface area is 152 Å². The lowest BCUT2D eigenvalue weighted by Gasteiger charge is -2.34. The van der Waals surface area contributed by atoms with Crippen LogP contribution in [0, 0.1) is 0 Å². The summed E-state index contributed by atoms with van der Waals surface area (Å²) in [4.78, 5) is 6.18. The second-order valence-electron chi connectivity index (χ2n) is 5.54. The molecule has 1 atom stereocenters. The highest BCUT2D eigenvalue weighted by molar-refractivity contribution is 8.14. The number of aliphatic imine (C=N–C) groups is 1. The molecule has 1 N–H and O–H groups in total. The molecule has 1 unspecified atom stereocenters. The number of hydrogen-bond donors (Lipinski definition) is 1. The average Bonchev–Trinajstić information content (AvgIpc) is 2.84. The molecule has 2 rings (SSSR count). The molecule has 1 aromatic rings. The Hall–Kier alpha value is -0.800. The lowest BCUT2D eigenvalue weighted by atomic mass is 10.0. The highest BCUT2D eigenvalue weighted by Crippen LogP contribution is 2.40. The maximum absolute atomic E-state index is 12.5. The Bertz CT molecular complexity index is 752. The molecule has 1 aliphatic heterocycles. The lowest BCUT2D eigenvalue weighted by molar-refractivity contribution is -0.0455. The van der Waals surface area contributed by atoms with Gasteiger partial charge in [0, 0.05) is 32.7 Å². The molecule has 0 amide bonds. The summed E-state index contributed by atoms with van der Waals surface area (Å²) in [6.45, 7) is 5.04. The van der Waals surface area contributed by atoms with Gasteiger partial charge in [0.1, 0.15) is 4.90 Å². The summed E-state index contributed by atoms with van der Waals surface area (Å²) in [5.74, 6) is 0.378. The van der Waals surface area contributed by atoms with Crippen LogP contribution in [0.4, 0.5) is 0 Å². The molecule has 0 aromatic heterocycles. The summed E-state index contributed by atoms with van der Waals surface area (Å²) in [5, 5.41) is 12.1. The third-order valence-corrected chi connectivity index (χ3v) is 7.29. The van der Waals surface area contributed by atoms with Crippen LogP contribution in [0.5, 0.6) is 0 Å². The second-order valence-corrected chi connectivity index (χ2v) is 9.01. The first-order valence-corrected chi connectivity index (χ1v) is 10.4. The molecule has 24 heavy (non-hydrogen) atoms. The van der Waals surface area contributed by atoms with Crippen LogP contribution in [-0.2, 0) is 15.7 Å². The molecule has 0 spiro atoms. The summed E-state index contributed by atoms with van der Waals surface area (Å²) in [6, 6.07) is 4.63. The first kappa shape index (κ1) is 19.5. The van der Waals surface area contributed by atoms with E-state index in [-0.39, 0.29) is 9.92 Å². The van der Waals surface area contributed by atoms with Gasteiger partial charge in [0.05, 0.1) is 10.8 Å². The minimum Gasteiger partial charge on any atom is -0.366 e. The van der Waals surface area contributed by atoms with Crippen molar-refractivity contribution in [3.8, 4) is 0 Å². The largest absolute Gasteiger partial charge is 0.366 e. The van der Waals surface area contributed by atoms with Gasteiger partial charge in [-0.15, -0.1) is 0 Å². The minimum absolute atomic E-state index is 0.0120. The topological polar surface area (TPSA) is 73.2 Å². The van der Waals surface area contributed by atoms with Gasteiger partial charge in [0.25, 0.3) is 0 Å². The molecule has 1 aliphatic rings. The van der Waals surface area contributed by atoms with E-state index in [1.807, 2.05) is 13.8 Å². The first-order valence-electron chi connectivity index (χ1n) is 7.58. The van der Waals surface area contributed by atoms with Crippen molar-refractivity contribution in [1.29, 1.82) is 0 Å². The molecule has 1 fully saturated rings. The van der Waals surface area contributed by atoms with Crippen LogP contribution >= 0.6 is 23.4 Å². The van der Waals surface area contributed by atoms with Gasteiger partial charge in [-0.3, -0.25) is 4.99 Å². The van der Waals surface area contributed by atoms with Crippen molar-refractivity contribution in [3.63, 3.8) is 0 Å². The van der Waals surface area contributed by atoms with Crippen molar-refractivity contribution < 1.29 is 13.5 Å². The van der Waals surface area contributed by atoms with Gasteiger partial charge in [-0.25, -0.2) is 12.7 Å². The molecule has 134 valence electrons. The normalized spacial score (nSPS) is 23.5. The molecule has 1 saturated heterocycles. The number of hydrogen-bond acceptors (Lipinski definition) is 5. The zero-order valence-electron chi connectivity index (χ0n) is 14.2. The monoisotopic (exact) mass is 391 g/mol. The predicted molar refractivity (Wildman–Crippen MR) is 99.0 cm³/mol. The van der Waals surface area contributed by atoms with E-state index < -0.39 is 15.7 Å². The summed E-state index contributed by atoms with van der Waals surface area (Å²) in [5.41, 5.74) is -0.822. The van der Waals surface area contributed by atoms with Crippen LogP contribution in [0.2, 0.25) is 5.02 Å². The molecule has 0 saturated carbocycles. The van der Waals surface area contributed by atoms with E-state index >= 15 is 0 Å². The molecular weight excluding hydrogens is 370 g/mol. The number of rotatable bonds is 5. The number of sulfonamides is 1. The summed E-state index contributed by atoms with van der Waals surface area (Å²) >= 11 is 7.55. The quantitative estimate of drug-likeness (QED) is 0.832. The molecule has 6 nitrogen and oxygen atoms in total. The van der Waals surface area contributed by atoms with Crippen molar-refractivity contribution in [2.24, 2.45) is 4.99 Å². The number of halogens is 1. The number of amidine groups is 1. The highest BCUT2D eigenvalue weighted by Gasteiger charge is 2.44. The van der Waals surface area contributed by atoms with Crippen LogP contribution < -0.4 is 0 Å². The Morgan fingerprint density at radius 2 is 2.08 bits per heavy atom. The fraction of sp³-hybridized carbons (Fsp3) is 0.533. The van der Waals surface area contributed by atoms with Gasteiger partial charge < -0.3 is 10.0 Å². The Kier molecular flexibility index (Phi) is 5.87. The first-order chi connectivity index (χ1) is 11.2. The van der Waals surface area contributed by atoms with Crippen molar-refractivity contribution in [3.05, 3.63) is 28.8 Å². The SMILES string of the molecule is CC/N=C1\SCC(O)(c2ccc(Cl)c(S(=O)(=O)N(C)C)c2)N1CC. The fourth-order valence-electron chi connectivity index (χ4n) is 2.53. The van der Waals surface area contributed by atoms with Gasteiger partial charge in [0.15, 0.2) is 10.9 Å². The number of thioether (sulfide) groups is 1.